The van der Waals surface area contributed by atoms with Crippen molar-refractivity contribution in [3.63, 3.8) is 0 Å². The van der Waals surface area contributed by atoms with Crippen molar-refractivity contribution in [2.75, 3.05) is 6.61 Å². The highest BCUT2D eigenvalue weighted by molar-refractivity contribution is 9.11. The molecule has 0 saturated heterocycles. The van der Waals surface area contributed by atoms with Crippen LogP contribution in [0.15, 0.2) is 45.6 Å². The van der Waals surface area contributed by atoms with E-state index in [2.05, 4.69) is 44.8 Å². The molecule has 0 aliphatic heterocycles. The number of thiophene rings is 1. The molecular weight excluding hydrogens is 310 g/mol. The van der Waals surface area contributed by atoms with Gasteiger partial charge in [0.2, 0.25) is 0 Å². The Hall–Kier alpha value is -0.680. The lowest BCUT2D eigenvalue weighted by atomic mass is 10.1. The topological polar surface area (TPSA) is 32.3 Å². The Morgan fingerprint density at radius 3 is 2.61 bits per heavy atom. The highest BCUT2D eigenvalue weighted by atomic mass is 79.9. The average Bonchev–Trinajstić information content (AvgIpc) is 2.81. The molecule has 96 valence electrons. The Morgan fingerprint density at radius 1 is 1.22 bits per heavy atom. The van der Waals surface area contributed by atoms with Crippen molar-refractivity contribution in [2.45, 2.75) is 19.0 Å². The summed E-state index contributed by atoms with van der Waals surface area (Å²) in [6.45, 7) is 0.945. The fourth-order valence-corrected chi connectivity index (χ4v) is 3.01. The summed E-state index contributed by atoms with van der Waals surface area (Å²) >= 11 is 5.13. The number of benzene rings is 1. The monoisotopic (exact) mass is 325 g/mol. The minimum absolute atomic E-state index is 0.103. The van der Waals surface area contributed by atoms with E-state index in [9.17, 15) is 5.11 Å². The molecule has 2 rings (SSSR count). The first kappa shape index (κ1) is 13.7. The summed E-state index contributed by atoms with van der Waals surface area (Å²) in [7, 11) is 0. The number of nitrogens with one attached hydrogen (secondary N) is 1. The molecule has 0 bridgehead atoms. The zero-order valence-electron chi connectivity index (χ0n) is 9.97. The van der Waals surface area contributed by atoms with Crippen molar-refractivity contribution >= 4 is 27.3 Å². The molecule has 2 N–H and O–H groups in total. The lowest BCUT2D eigenvalue weighted by Gasteiger charge is -2.15. The zero-order valence-corrected chi connectivity index (χ0v) is 12.4. The molecule has 2 nitrogen and oxygen atoms in total. The van der Waals surface area contributed by atoms with E-state index in [1.165, 1.54) is 11.1 Å². The first-order chi connectivity index (χ1) is 8.78. The normalized spacial score (nSPS) is 12.6. The van der Waals surface area contributed by atoms with Crippen molar-refractivity contribution in [3.05, 3.63) is 56.7 Å². The third-order valence-electron chi connectivity index (χ3n) is 2.76. The van der Waals surface area contributed by atoms with Crippen LogP contribution in [0.4, 0.5) is 0 Å². The number of hydrogen-bond acceptors (Lipinski definition) is 3. The molecule has 2 aromatic rings. The van der Waals surface area contributed by atoms with E-state index in [-0.39, 0.29) is 12.6 Å². The molecule has 4 heteroatoms. The molecule has 0 amide bonds. The van der Waals surface area contributed by atoms with Crippen molar-refractivity contribution in [1.29, 1.82) is 0 Å². The quantitative estimate of drug-likeness (QED) is 0.854. The Bertz CT molecular complexity index is 472. The van der Waals surface area contributed by atoms with Gasteiger partial charge in [-0.1, -0.05) is 30.3 Å². The molecule has 1 aromatic carbocycles. The lowest BCUT2D eigenvalue weighted by molar-refractivity contribution is 0.241. The summed E-state index contributed by atoms with van der Waals surface area (Å²) in [5, 5.41) is 14.9. The van der Waals surface area contributed by atoms with E-state index in [1.807, 2.05) is 18.2 Å². The third kappa shape index (κ3) is 4.21. The maximum atomic E-state index is 9.40. The molecule has 0 unspecified atom stereocenters. The standard InChI is InChI=1S/C14H16BrNOS/c15-14-7-12(10-18-14)8-16-13(9-17)6-11-4-2-1-3-5-11/h1-5,7,10,13,16-17H,6,8-9H2/t13-/m1/s1. The molecular formula is C14H16BrNOS. The van der Waals surface area contributed by atoms with Crippen molar-refractivity contribution < 1.29 is 5.11 Å². The maximum Gasteiger partial charge on any atom is 0.0701 e. The van der Waals surface area contributed by atoms with Gasteiger partial charge in [-0.25, -0.2) is 0 Å². The highest BCUT2D eigenvalue weighted by Gasteiger charge is 2.08. The van der Waals surface area contributed by atoms with Crippen molar-refractivity contribution in [2.24, 2.45) is 0 Å². The molecule has 0 aliphatic rings. The van der Waals surface area contributed by atoms with E-state index in [0.29, 0.717) is 0 Å². The Morgan fingerprint density at radius 2 is 2.00 bits per heavy atom. The van der Waals surface area contributed by atoms with Gasteiger partial charge in [0.1, 0.15) is 0 Å². The van der Waals surface area contributed by atoms with E-state index < -0.39 is 0 Å². The zero-order chi connectivity index (χ0) is 12.8. The van der Waals surface area contributed by atoms with E-state index in [0.717, 1.165) is 16.8 Å². The summed E-state index contributed by atoms with van der Waals surface area (Å²) in [5.41, 5.74) is 2.49. The second kappa shape index (κ2) is 7.04. The van der Waals surface area contributed by atoms with Crippen LogP contribution >= 0.6 is 27.3 Å². The predicted octanol–water partition coefficient (Wildman–Crippen LogP) is 3.20. The molecule has 0 saturated carbocycles. The van der Waals surface area contributed by atoms with Gasteiger partial charge in [-0.05, 0) is 44.9 Å². The van der Waals surface area contributed by atoms with Gasteiger partial charge in [-0.2, -0.15) is 0 Å². The summed E-state index contributed by atoms with van der Waals surface area (Å²) in [6, 6.07) is 12.4. The molecule has 18 heavy (non-hydrogen) atoms. The largest absolute Gasteiger partial charge is 0.395 e. The Balaban J connectivity index is 1.86. The predicted molar refractivity (Wildman–Crippen MR) is 79.9 cm³/mol. The van der Waals surface area contributed by atoms with Gasteiger partial charge in [-0.3, -0.25) is 0 Å². The van der Waals surface area contributed by atoms with Gasteiger partial charge in [0, 0.05) is 12.6 Å². The van der Waals surface area contributed by atoms with Crippen LogP contribution < -0.4 is 5.32 Å². The third-order valence-corrected chi connectivity index (χ3v) is 4.32. The number of rotatable bonds is 6. The highest BCUT2D eigenvalue weighted by Crippen LogP contribution is 2.20. The molecule has 1 atom stereocenters. The first-order valence-corrected chi connectivity index (χ1v) is 7.56. The maximum absolute atomic E-state index is 9.40. The molecule has 0 fully saturated rings. The van der Waals surface area contributed by atoms with Crippen LogP contribution in [0.1, 0.15) is 11.1 Å². The molecule has 1 heterocycles. The smallest absolute Gasteiger partial charge is 0.0701 e. The average molecular weight is 326 g/mol. The number of aliphatic hydroxyl groups excluding tert-OH is 1. The molecule has 0 aliphatic carbocycles. The fourth-order valence-electron chi connectivity index (χ4n) is 1.80. The van der Waals surface area contributed by atoms with Crippen LogP contribution in [-0.4, -0.2) is 17.8 Å². The van der Waals surface area contributed by atoms with Crippen LogP contribution in [0.25, 0.3) is 0 Å². The molecule has 1 aromatic heterocycles. The van der Waals surface area contributed by atoms with Gasteiger partial charge in [0.15, 0.2) is 0 Å². The van der Waals surface area contributed by atoms with Gasteiger partial charge in [0.25, 0.3) is 0 Å². The Labute approximate surface area is 120 Å². The summed E-state index contributed by atoms with van der Waals surface area (Å²) < 4.78 is 1.14. The van der Waals surface area contributed by atoms with Crippen LogP contribution in [-0.2, 0) is 13.0 Å². The minimum atomic E-state index is 0.103. The van der Waals surface area contributed by atoms with Crippen molar-refractivity contribution in [1.82, 2.24) is 5.32 Å². The van der Waals surface area contributed by atoms with E-state index in [1.54, 1.807) is 11.3 Å². The van der Waals surface area contributed by atoms with Crippen LogP contribution in [0.2, 0.25) is 0 Å². The molecule has 0 spiro atoms. The SMILES string of the molecule is OC[C@@H](Cc1ccccc1)NCc1csc(Br)c1. The number of aliphatic hydroxyl groups is 1. The van der Waals surface area contributed by atoms with Crippen LogP contribution in [0.3, 0.4) is 0 Å². The second-order valence-electron chi connectivity index (χ2n) is 4.21. The summed E-state index contributed by atoms with van der Waals surface area (Å²) in [6.07, 6.45) is 0.850. The number of hydrogen-bond donors (Lipinski definition) is 2. The Kier molecular flexibility index (Phi) is 5.38. The fraction of sp³-hybridized carbons (Fsp3) is 0.286. The second-order valence-corrected chi connectivity index (χ2v) is 6.50. The van der Waals surface area contributed by atoms with Crippen molar-refractivity contribution in [3.8, 4) is 0 Å². The van der Waals surface area contributed by atoms with E-state index >= 15 is 0 Å². The van der Waals surface area contributed by atoms with Crippen LogP contribution in [0, 0.1) is 0 Å². The van der Waals surface area contributed by atoms with Gasteiger partial charge in [-0.15, -0.1) is 11.3 Å². The summed E-state index contributed by atoms with van der Waals surface area (Å²) in [5.74, 6) is 0. The lowest BCUT2D eigenvalue weighted by Crippen LogP contribution is -2.33. The molecule has 0 radical (unpaired) electrons. The van der Waals surface area contributed by atoms with Crippen LogP contribution in [0.5, 0.6) is 0 Å². The minimum Gasteiger partial charge on any atom is -0.395 e. The van der Waals surface area contributed by atoms with Gasteiger partial charge in [0.05, 0.1) is 10.4 Å². The van der Waals surface area contributed by atoms with E-state index in [4.69, 9.17) is 0 Å². The van der Waals surface area contributed by atoms with Gasteiger partial charge < -0.3 is 10.4 Å². The van der Waals surface area contributed by atoms with Gasteiger partial charge >= 0.3 is 0 Å². The first-order valence-electron chi connectivity index (χ1n) is 5.89. The summed E-state index contributed by atoms with van der Waals surface area (Å²) in [4.78, 5) is 0. The number of halogens is 1.